The number of rotatable bonds is 5. The van der Waals surface area contributed by atoms with Gasteiger partial charge >= 0.3 is 0 Å². The number of carbonyl (C=O) groups is 1. The molecule has 170 valence electrons. The van der Waals surface area contributed by atoms with Crippen LogP contribution in [0.3, 0.4) is 0 Å². The normalized spacial score (nSPS) is 14.1. The van der Waals surface area contributed by atoms with E-state index in [1.54, 1.807) is 12.1 Å². The van der Waals surface area contributed by atoms with Gasteiger partial charge in [-0.15, -0.1) is 0 Å². The second kappa shape index (κ2) is 10.6. The van der Waals surface area contributed by atoms with Crippen molar-refractivity contribution in [1.82, 2.24) is 10.2 Å². The van der Waals surface area contributed by atoms with Crippen molar-refractivity contribution in [2.75, 3.05) is 36.4 Å². The number of thiocarbonyl (C=S) groups is 1. The van der Waals surface area contributed by atoms with Gasteiger partial charge in [0.05, 0.1) is 0 Å². The highest BCUT2D eigenvalue weighted by Gasteiger charge is 2.18. The maximum atomic E-state index is 13.9. The fourth-order valence-corrected chi connectivity index (χ4v) is 4.12. The molecule has 0 radical (unpaired) electrons. The number of piperazine rings is 1. The predicted octanol–water partition coefficient (Wildman–Crippen LogP) is 4.58. The summed E-state index contributed by atoms with van der Waals surface area (Å²) in [5, 5.41) is 6.04. The molecular formula is C26H27FN4OS. The van der Waals surface area contributed by atoms with Crippen LogP contribution in [0.5, 0.6) is 0 Å². The van der Waals surface area contributed by atoms with Crippen molar-refractivity contribution in [2.45, 2.75) is 13.5 Å². The molecule has 7 heteroatoms. The zero-order valence-electron chi connectivity index (χ0n) is 18.6. The highest BCUT2D eigenvalue weighted by Crippen LogP contribution is 2.20. The molecule has 1 aliphatic heterocycles. The first-order valence-corrected chi connectivity index (χ1v) is 11.4. The molecule has 0 spiro atoms. The molecule has 1 amide bonds. The Bertz CT molecular complexity index is 1130. The minimum absolute atomic E-state index is 0.143. The lowest BCUT2D eigenvalue weighted by atomic mass is 10.1. The fourth-order valence-electron chi connectivity index (χ4n) is 3.91. The van der Waals surface area contributed by atoms with Gasteiger partial charge in [0.15, 0.2) is 5.11 Å². The summed E-state index contributed by atoms with van der Waals surface area (Å²) < 4.78 is 13.9. The SMILES string of the molecule is Cc1cccc(C(=O)NC(=S)Nc2ccc(N3CCN(Cc4ccccc4F)CC3)cc2)c1. The van der Waals surface area contributed by atoms with Crippen LogP contribution in [0.15, 0.2) is 72.8 Å². The molecule has 33 heavy (non-hydrogen) atoms. The van der Waals surface area contributed by atoms with E-state index in [2.05, 4.69) is 20.4 Å². The Morgan fingerprint density at radius 1 is 0.970 bits per heavy atom. The Kier molecular flexibility index (Phi) is 7.32. The first kappa shape index (κ1) is 22.9. The van der Waals surface area contributed by atoms with Gasteiger partial charge < -0.3 is 10.2 Å². The van der Waals surface area contributed by atoms with Crippen molar-refractivity contribution in [3.05, 3.63) is 95.3 Å². The molecule has 0 atom stereocenters. The van der Waals surface area contributed by atoms with Crippen LogP contribution in [-0.4, -0.2) is 42.1 Å². The molecule has 5 nitrogen and oxygen atoms in total. The Morgan fingerprint density at radius 2 is 1.70 bits per heavy atom. The topological polar surface area (TPSA) is 47.6 Å². The summed E-state index contributed by atoms with van der Waals surface area (Å²) in [4.78, 5) is 16.9. The molecule has 2 N–H and O–H groups in total. The lowest BCUT2D eigenvalue weighted by molar-refractivity contribution is 0.0977. The molecule has 0 aromatic heterocycles. The van der Waals surface area contributed by atoms with Crippen LogP contribution >= 0.6 is 12.2 Å². The van der Waals surface area contributed by atoms with Gasteiger partial charge in [-0.1, -0.05) is 35.9 Å². The van der Waals surface area contributed by atoms with E-state index in [0.29, 0.717) is 12.1 Å². The van der Waals surface area contributed by atoms with Gasteiger partial charge in [0.1, 0.15) is 5.82 Å². The van der Waals surface area contributed by atoms with E-state index in [-0.39, 0.29) is 16.8 Å². The van der Waals surface area contributed by atoms with E-state index in [4.69, 9.17) is 12.2 Å². The maximum Gasteiger partial charge on any atom is 0.257 e. The van der Waals surface area contributed by atoms with Crippen LogP contribution in [0, 0.1) is 12.7 Å². The van der Waals surface area contributed by atoms with Gasteiger partial charge in [-0.3, -0.25) is 15.0 Å². The third-order valence-corrected chi connectivity index (χ3v) is 5.93. The fraction of sp³-hybridized carbons (Fsp3) is 0.231. The van der Waals surface area contributed by atoms with Crippen LogP contribution in [0.2, 0.25) is 0 Å². The van der Waals surface area contributed by atoms with Gasteiger partial charge in [-0.05, 0) is 61.6 Å². The van der Waals surface area contributed by atoms with Crippen LogP contribution in [0.4, 0.5) is 15.8 Å². The van der Waals surface area contributed by atoms with Crippen LogP contribution in [0.25, 0.3) is 0 Å². The number of anilines is 2. The average Bonchev–Trinajstić information content (AvgIpc) is 2.81. The quantitative estimate of drug-likeness (QED) is 0.544. The highest BCUT2D eigenvalue weighted by molar-refractivity contribution is 7.80. The summed E-state index contributed by atoms with van der Waals surface area (Å²) in [7, 11) is 0. The monoisotopic (exact) mass is 462 g/mol. The number of hydrogen-bond donors (Lipinski definition) is 2. The van der Waals surface area contributed by atoms with Gasteiger partial charge in [0, 0.05) is 55.2 Å². The number of hydrogen-bond acceptors (Lipinski definition) is 4. The largest absolute Gasteiger partial charge is 0.369 e. The molecule has 0 aliphatic carbocycles. The third kappa shape index (κ3) is 6.15. The summed E-state index contributed by atoms with van der Waals surface area (Å²) in [5.74, 6) is -0.378. The molecular weight excluding hydrogens is 435 g/mol. The minimum Gasteiger partial charge on any atom is -0.369 e. The lowest BCUT2D eigenvalue weighted by Crippen LogP contribution is -2.46. The third-order valence-electron chi connectivity index (χ3n) is 5.72. The summed E-state index contributed by atoms with van der Waals surface area (Å²) in [6.45, 7) is 6.10. The molecule has 1 aliphatic rings. The number of nitrogens with zero attached hydrogens (tertiary/aromatic N) is 2. The summed E-state index contributed by atoms with van der Waals surface area (Å²) in [6.07, 6.45) is 0. The second-order valence-electron chi connectivity index (χ2n) is 8.18. The summed E-state index contributed by atoms with van der Waals surface area (Å²) in [5.41, 5.74) is 4.27. The van der Waals surface area contributed by atoms with Crippen LogP contribution < -0.4 is 15.5 Å². The minimum atomic E-state index is -0.235. The lowest BCUT2D eigenvalue weighted by Gasteiger charge is -2.36. The zero-order valence-corrected chi connectivity index (χ0v) is 19.4. The van der Waals surface area contributed by atoms with E-state index in [1.807, 2.05) is 61.5 Å². The highest BCUT2D eigenvalue weighted by atomic mass is 32.1. The van der Waals surface area contributed by atoms with Gasteiger partial charge in [0.25, 0.3) is 5.91 Å². The smallest absolute Gasteiger partial charge is 0.257 e. The molecule has 3 aromatic carbocycles. The van der Waals surface area contributed by atoms with Crippen molar-refractivity contribution in [3.8, 4) is 0 Å². The zero-order chi connectivity index (χ0) is 23.2. The molecule has 1 heterocycles. The number of benzene rings is 3. The molecule has 0 bridgehead atoms. The van der Waals surface area contributed by atoms with Crippen LogP contribution in [-0.2, 0) is 6.54 Å². The first-order chi connectivity index (χ1) is 16.0. The molecule has 1 saturated heterocycles. The van der Waals surface area contributed by atoms with Crippen molar-refractivity contribution >= 4 is 34.6 Å². The van der Waals surface area contributed by atoms with Gasteiger partial charge in [0.2, 0.25) is 0 Å². The standard InChI is InChI=1S/C26H27FN4OS/c1-19-5-4-7-20(17-19)25(32)29-26(33)28-22-9-11-23(12-10-22)31-15-13-30(14-16-31)18-21-6-2-3-8-24(21)27/h2-12,17H,13-16,18H2,1H3,(H2,28,29,32,33). The number of halogens is 1. The van der Waals surface area contributed by atoms with Crippen molar-refractivity contribution in [1.29, 1.82) is 0 Å². The van der Waals surface area contributed by atoms with Crippen molar-refractivity contribution in [3.63, 3.8) is 0 Å². The molecule has 4 rings (SSSR count). The Hall–Kier alpha value is -3.29. The van der Waals surface area contributed by atoms with E-state index in [1.165, 1.54) is 6.07 Å². The van der Waals surface area contributed by atoms with E-state index in [9.17, 15) is 9.18 Å². The van der Waals surface area contributed by atoms with E-state index in [0.717, 1.165) is 48.7 Å². The Morgan fingerprint density at radius 3 is 2.39 bits per heavy atom. The number of aryl methyl sites for hydroxylation is 1. The Labute approximate surface area is 199 Å². The molecule has 1 fully saturated rings. The van der Waals surface area contributed by atoms with Gasteiger partial charge in [-0.25, -0.2) is 4.39 Å². The number of nitrogens with one attached hydrogen (secondary N) is 2. The van der Waals surface area contributed by atoms with Crippen molar-refractivity contribution in [2.24, 2.45) is 0 Å². The first-order valence-electron chi connectivity index (χ1n) is 11.0. The van der Waals surface area contributed by atoms with E-state index >= 15 is 0 Å². The predicted molar refractivity (Wildman–Crippen MR) is 135 cm³/mol. The summed E-state index contributed by atoms with van der Waals surface area (Å²) >= 11 is 5.29. The van der Waals surface area contributed by atoms with Gasteiger partial charge in [-0.2, -0.15) is 0 Å². The Balaban J connectivity index is 1.26. The molecule has 0 saturated carbocycles. The number of amides is 1. The maximum absolute atomic E-state index is 13.9. The number of carbonyl (C=O) groups excluding carboxylic acids is 1. The van der Waals surface area contributed by atoms with E-state index < -0.39 is 0 Å². The van der Waals surface area contributed by atoms with Crippen LogP contribution in [0.1, 0.15) is 21.5 Å². The molecule has 3 aromatic rings. The van der Waals surface area contributed by atoms with Crippen molar-refractivity contribution < 1.29 is 9.18 Å². The average molecular weight is 463 g/mol. The molecule has 0 unspecified atom stereocenters. The second-order valence-corrected chi connectivity index (χ2v) is 8.59. The summed E-state index contributed by atoms with van der Waals surface area (Å²) in [6, 6.07) is 22.3.